The first-order valence-electron chi connectivity index (χ1n) is 4.28. The minimum atomic E-state index is -0.863. The molecular formula is C9H12N2O2S. The summed E-state index contributed by atoms with van der Waals surface area (Å²) in [5.74, 6) is -0.161. The zero-order valence-electron chi connectivity index (χ0n) is 8.15. The number of carboxylic acids is 1. The molecular weight excluding hydrogens is 200 g/mol. The smallest absolute Gasteiger partial charge is 0.309 e. The van der Waals surface area contributed by atoms with Crippen LogP contribution in [0.25, 0.3) is 0 Å². The largest absolute Gasteiger partial charge is 0.481 e. The molecule has 0 saturated heterocycles. The topological polar surface area (TPSA) is 63.1 Å². The molecule has 1 rings (SSSR count). The van der Waals surface area contributed by atoms with Crippen LogP contribution < -0.4 is 0 Å². The second-order valence-electron chi connectivity index (χ2n) is 2.74. The molecule has 14 heavy (non-hydrogen) atoms. The molecule has 0 aliphatic heterocycles. The second kappa shape index (κ2) is 4.95. The standard InChI is InChI=1S/C9H12N2O2S/c1-3-7-10-6(5-9(12)13)4-8(11-7)14-2/h4H,3,5H2,1-2H3,(H,12,13). The van der Waals surface area contributed by atoms with E-state index in [4.69, 9.17) is 5.11 Å². The van der Waals surface area contributed by atoms with Gasteiger partial charge in [-0.25, -0.2) is 9.97 Å². The number of nitrogens with zero attached hydrogens (tertiary/aromatic N) is 2. The number of hydrogen-bond acceptors (Lipinski definition) is 4. The van der Waals surface area contributed by atoms with Crippen molar-refractivity contribution < 1.29 is 9.90 Å². The van der Waals surface area contributed by atoms with Gasteiger partial charge in [-0.1, -0.05) is 6.92 Å². The fraction of sp³-hybridized carbons (Fsp3) is 0.444. The molecule has 1 N–H and O–H groups in total. The van der Waals surface area contributed by atoms with Crippen LogP contribution in [0.3, 0.4) is 0 Å². The van der Waals surface area contributed by atoms with Gasteiger partial charge in [0.1, 0.15) is 5.82 Å². The third kappa shape index (κ3) is 2.99. The fourth-order valence-electron chi connectivity index (χ4n) is 1.03. The van der Waals surface area contributed by atoms with Gasteiger partial charge in [0.25, 0.3) is 0 Å². The summed E-state index contributed by atoms with van der Waals surface area (Å²) in [6, 6.07) is 1.72. The first kappa shape index (κ1) is 11.0. The summed E-state index contributed by atoms with van der Waals surface area (Å²) in [4.78, 5) is 18.9. The first-order valence-corrected chi connectivity index (χ1v) is 5.50. The Morgan fingerprint density at radius 3 is 2.79 bits per heavy atom. The molecule has 0 amide bonds. The number of carboxylic acid groups (broad SMARTS) is 1. The summed E-state index contributed by atoms with van der Waals surface area (Å²) in [5.41, 5.74) is 0.578. The molecule has 0 bridgehead atoms. The van der Waals surface area contributed by atoms with E-state index < -0.39 is 5.97 Å². The van der Waals surface area contributed by atoms with Crippen molar-refractivity contribution in [1.82, 2.24) is 9.97 Å². The minimum absolute atomic E-state index is 0.0386. The molecule has 5 heteroatoms. The molecule has 0 atom stereocenters. The molecule has 0 unspecified atom stereocenters. The zero-order valence-corrected chi connectivity index (χ0v) is 8.97. The van der Waals surface area contributed by atoms with Gasteiger partial charge in [0.05, 0.1) is 17.1 Å². The van der Waals surface area contributed by atoms with Gasteiger partial charge in [0.15, 0.2) is 0 Å². The van der Waals surface area contributed by atoms with E-state index in [0.717, 1.165) is 11.4 Å². The van der Waals surface area contributed by atoms with E-state index in [1.807, 2.05) is 13.2 Å². The van der Waals surface area contributed by atoms with Crippen molar-refractivity contribution in [2.24, 2.45) is 0 Å². The lowest BCUT2D eigenvalue weighted by molar-refractivity contribution is -0.136. The molecule has 76 valence electrons. The maximum absolute atomic E-state index is 10.5. The maximum Gasteiger partial charge on any atom is 0.309 e. The molecule has 0 saturated carbocycles. The summed E-state index contributed by atoms with van der Waals surface area (Å²) >= 11 is 1.50. The highest BCUT2D eigenvalue weighted by atomic mass is 32.2. The molecule has 0 aliphatic carbocycles. The van der Waals surface area contributed by atoms with Crippen molar-refractivity contribution in [2.45, 2.75) is 24.8 Å². The monoisotopic (exact) mass is 212 g/mol. The highest BCUT2D eigenvalue weighted by Gasteiger charge is 2.06. The summed E-state index contributed by atoms with van der Waals surface area (Å²) in [5, 5.41) is 9.45. The third-order valence-corrected chi connectivity index (χ3v) is 2.29. The van der Waals surface area contributed by atoms with Crippen molar-refractivity contribution in [3.8, 4) is 0 Å². The molecule has 1 heterocycles. The molecule has 0 aromatic carbocycles. The highest BCUT2D eigenvalue weighted by Crippen LogP contribution is 2.13. The number of thioether (sulfide) groups is 1. The number of carbonyl (C=O) groups is 1. The van der Waals surface area contributed by atoms with Crippen LogP contribution in [0.5, 0.6) is 0 Å². The van der Waals surface area contributed by atoms with Crippen LogP contribution in [0, 0.1) is 0 Å². The molecule has 0 radical (unpaired) electrons. The number of aryl methyl sites for hydroxylation is 1. The summed E-state index contributed by atoms with van der Waals surface area (Å²) in [7, 11) is 0. The van der Waals surface area contributed by atoms with E-state index in [2.05, 4.69) is 9.97 Å². The normalized spacial score (nSPS) is 10.1. The third-order valence-electron chi connectivity index (χ3n) is 1.66. The number of aliphatic carboxylic acids is 1. The van der Waals surface area contributed by atoms with E-state index in [1.54, 1.807) is 6.07 Å². The van der Waals surface area contributed by atoms with Gasteiger partial charge < -0.3 is 5.11 Å². The van der Waals surface area contributed by atoms with Crippen molar-refractivity contribution >= 4 is 17.7 Å². The minimum Gasteiger partial charge on any atom is -0.481 e. The van der Waals surface area contributed by atoms with E-state index in [0.29, 0.717) is 11.5 Å². The molecule has 0 spiro atoms. The number of aromatic nitrogens is 2. The van der Waals surface area contributed by atoms with Crippen molar-refractivity contribution in [2.75, 3.05) is 6.26 Å². The predicted octanol–water partition coefficient (Wildman–Crippen LogP) is 1.39. The molecule has 0 aliphatic rings. The summed E-state index contributed by atoms with van der Waals surface area (Å²) < 4.78 is 0. The summed E-state index contributed by atoms with van der Waals surface area (Å²) in [6.45, 7) is 1.95. The van der Waals surface area contributed by atoms with Gasteiger partial charge in [-0.15, -0.1) is 11.8 Å². The van der Waals surface area contributed by atoms with Crippen molar-refractivity contribution in [1.29, 1.82) is 0 Å². The Hall–Kier alpha value is -1.10. The Bertz CT molecular complexity index is 319. The van der Waals surface area contributed by atoms with Gasteiger partial charge >= 0.3 is 5.97 Å². The Morgan fingerprint density at radius 1 is 1.57 bits per heavy atom. The fourth-order valence-corrected chi connectivity index (χ4v) is 1.48. The van der Waals surface area contributed by atoms with Gasteiger partial charge in [0, 0.05) is 6.42 Å². The van der Waals surface area contributed by atoms with E-state index in [9.17, 15) is 4.79 Å². The van der Waals surface area contributed by atoms with Crippen LogP contribution in [-0.4, -0.2) is 27.3 Å². The van der Waals surface area contributed by atoms with Gasteiger partial charge in [-0.2, -0.15) is 0 Å². The van der Waals surface area contributed by atoms with E-state index >= 15 is 0 Å². The van der Waals surface area contributed by atoms with Crippen LogP contribution in [0.15, 0.2) is 11.1 Å². The molecule has 0 fully saturated rings. The van der Waals surface area contributed by atoms with Crippen LogP contribution in [-0.2, 0) is 17.6 Å². The molecule has 1 aromatic heterocycles. The first-order chi connectivity index (χ1) is 6.65. The Labute approximate surface area is 86.8 Å². The average molecular weight is 212 g/mol. The average Bonchev–Trinajstić information content (AvgIpc) is 2.16. The predicted molar refractivity (Wildman–Crippen MR) is 54.5 cm³/mol. The van der Waals surface area contributed by atoms with Crippen LogP contribution in [0.2, 0.25) is 0 Å². The SMILES string of the molecule is CCc1nc(CC(=O)O)cc(SC)n1. The Morgan fingerprint density at radius 2 is 2.29 bits per heavy atom. The maximum atomic E-state index is 10.5. The Kier molecular flexibility index (Phi) is 3.88. The van der Waals surface area contributed by atoms with Crippen LogP contribution in [0.1, 0.15) is 18.4 Å². The van der Waals surface area contributed by atoms with Gasteiger partial charge in [0.2, 0.25) is 0 Å². The number of hydrogen-bond donors (Lipinski definition) is 1. The number of rotatable bonds is 4. The Balaban J connectivity index is 2.98. The zero-order chi connectivity index (χ0) is 10.6. The lowest BCUT2D eigenvalue weighted by Gasteiger charge is -2.03. The highest BCUT2D eigenvalue weighted by molar-refractivity contribution is 7.98. The summed E-state index contributed by atoms with van der Waals surface area (Å²) in [6.07, 6.45) is 2.59. The van der Waals surface area contributed by atoms with E-state index in [-0.39, 0.29) is 6.42 Å². The van der Waals surface area contributed by atoms with Crippen molar-refractivity contribution in [3.05, 3.63) is 17.6 Å². The van der Waals surface area contributed by atoms with Crippen LogP contribution in [0.4, 0.5) is 0 Å². The lowest BCUT2D eigenvalue weighted by atomic mass is 10.3. The van der Waals surface area contributed by atoms with Crippen molar-refractivity contribution in [3.63, 3.8) is 0 Å². The van der Waals surface area contributed by atoms with Gasteiger partial charge in [-0.05, 0) is 12.3 Å². The lowest BCUT2D eigenvalue weighted by Crippen LogP contribution is -2.06. The van der Waals surface area contributed by atoms with Crippen LogP contribution >= 0.6 is 11.8 Å². The molecule has 4 nitrogen and oxygen atoms in total. The molecule has 1 aromatic rings. The second-order valence-corrected chi connectivity index (χ2v) is 3.57. The van der Waals surface area contributed by atoms with Gasteiger partial charge in [-0.3, -0.25) is 4.79 Å². The van der Waals surface area contributed by atoms with E-state index in [1.165, 1.54) is 11.8 Å². The quantitative estimate of drug-likeness (QED) is 0.603.